The normalized spacial score (nSPS) is 10.2. The van der Waals surface area contributed by atoms with E-state index in [1.807, 2.05) is 0 Å². The van der Waals surface area contributed by atoms with Crippen molar-refractivity contribution < 1.29 is 9.59 Å². The van der Waals surface area contributed by atoms with Crippen LogP contribution in [0.4, 0.5) is 0 Å². The van der Waals surface area contributed by atoms with Crippen molar-refractivity contribution in [2.45, 2.75) is 64.7 Å². The van der Waals surface area contributed by atoms with Crippen molar-refractivity contribution in [3.8, 4) is 0 Å². The number of allylic oxidation sites excluding steroid dienone is 2. The molecular weight excluding hydrogens is 271 g/mol. The number of halogens is 2. The molecule has 0 fully saturated rings. The molecule has 0 aromatic heterocycles. The maximum absolute atomic E-state index is 10.8. The molecule has 0 N–H and O–H groups in total. The summed E-state index contributed by atoms with van der Waals surface area (Å²) >= 11 is 10.5. The number of rotatable bonds is 11. The molecule has 0 aliphatic heterocycles. The molecule has 4 heteroatoms. The Morgan fingerprint density at radius 3 is 1.72 bits per heavy atom. The molecule has 0 unspecified atom stereocenters. The molecule has 0 saturated carbocycles. The Balaban J connectivity index is 3.57. The van der Waals surface area contributed by atoms with Crippen molar-refractivity contribution >= 4 is 33.7 Å². The third-order valence-electron chi connectivity index (χ3n) is 2.83. The fourth-order valence-electron chi connectivity index (χ4n) is 1.76. The Kier molecular flexibility index (Phi) is 11.5. The average molecular weight is 293 g/mol. The van der Waals surface area contributed by atoms with Gasteiger partial charge in [0.15, 0.2) is 0 Å². The Hall–Kier alpha value is -0.340. The Bertz CT molecular complexity index is 270. The average Bonchev–Trinajstić information content (AvgIpc) is 2.30. The van der Waals surface area contributed by atoms with Gasteiger partial charge in [-0.25, -0.2) is 0 Å². The predicted molar refractivity (Wildman–Crippen MR) is 77.0 cm³/mol. The van der Waals surface area contributed by atoms with Crippen molar-refractivity contribution in [1.82, 2.24) is 0 Å². The SMILES string of the molecule is CCCCCCCCCCC=C(C(=O)Cl)C(=O)Cl. The molecule has 0 radical (unpaired) electrons. The van der Waals surface area contributed by atoms with Crippen LogP contribution in [0.15, 0.2) is 11.6 Å². The minimum absolute atomic E-state index is 0.0960. The van der Waals surface area contributed by atoms with Crippen LogP contribution in [0.25, 0.3) is 0 Å². The molecule has 104 valence electrons. The largest absolute Gasteiger partial charge is 0.275 e. The van der Waals surface area contributed by atoms with Crippen LogP contribution in [-0.4, -0.2) is 10.5 Å². The first kappa shape index (κ1) is 17.7. The number of carbonyl (C=O) groups is 2. The van der Waals surface area contributed by atoms with Crippen LogP contribution in [0.2, 0.25) is 0 Å². The molecule has 0 amide bonds. The number of hydrogen-bond donors (Lipinski definition) is 0. The summed E-state index contributed by atoms with van der Waals surface area (Å²) in [5.74, 6) is 0. The molecular formula is C14H22Cl2O2. The quantitative estimate of drug-likeness (QED) is 0.177. The Morgan fingerprint density at radius 1 is 0.833 bits per heavy atom. The van der Waals surface area contributed by atoms with E-state index >= 15 is 0 Å². The zero-order chi connectivity index (χ0) is 13.8. The maximum Gasteiger partial charge on any atom is 0.256 e. The lowest BCUT2D eigenvalue weighted by Crippen LogP contribution is -2.01. The third-order valence-corrected chi connectivity index (χ3v) is 3.24. The van der Waals surface area contributed by atoms with E-state index in [4.69, 9.17) is 23.2 Å². The molecule has 0 atom stereocenters. The van der Waals surface area contributed by atoms with Gasteiger partial charge in [-0.05, 0) is 36.0 Å². The first-order chi connectivity index (χ1) is 8.59. The molecule has 0 bridgehead atoms. The molecule has 0 saturated heterocycles. The fourth-order valence-corrected chi connectivity index (χ4v) is 2.14. The van der Waals surface area contributed by atoms with Crippen molar-refractivity contribution in [3.05, 3.63) is 11.6 Å². The smallest absolute Gasteiger partial charge is 0.256 e. The van der Waals surface area contributed by atoms with Gasteiger partial charge in [0.2, 0.25) is 0 Å². The summed E-state index contributed by atoms with van der Waals surface area (Å²) in [6.45, 7) is 2.21. The van der Waals surface area contributed by atoms with Crippen LogP contribution < -0.4 is 0 Å². The highest BCUT2D eigenvalue weighted by molar-refractivity contribution is 6.79. The molecule has 0 aromatic carbocycles. The highest BCUT2D eigenvalue weighted by atomic mass is 35.5. The van der Waals surface area contributed by atoms with E-state index in [-0.39, 0.29) is 5.57 Å². The summed E-state index contributed by atoms with van der Waals surface area (Å²) in [4.78, 5) is 21.7. The molecule has 0 rings (SSSR count). The second-order valence-electron chi connectivity index (χ2n) is 4.43. The summed E-state index contributed by atoms with van der Waals surface area (Å²) in [6, 6.07) is 0. The topological polar surface area (TPSA) is 34.1 Å². The lowest BCUT2D eigenvalue weighted by atomic mass is 10.1. The summed E-state index contributed by atoms with van der Waals surface area (Å²) < 4.78 is 0. The third kappa shape index (κ3) is 9.67. The van der Waals surface area contributed by atoms with Gasteiger partial charge in [0, 0.05) is 0 Å². The summed E-state index contributed by atoms with van der Waals surface area (Å²) in [7, 11) is 0. The van der Waals surface area contributed by atoms with Gasteiger partial charge in [0.05, 0.1) is 5.57 Å². The van der Waals surface area contributed by atoms with E-state index in [1.165, 1.54) is 38.5 Å². The van der Waals surface area contributed by atoms with E-state index in [0.717, 1.165) is 12.8 Å². The van der Waals surface area contributed by atoms with Gasteiger partial charge in [0.25, 0.3) is 10.5 Å². The van der Waals surface area contributed by atoms with Crippen molar-refractivity contribution in [3.63, 3.8) is 0 Å². The van der Waals surface area contributed by atoms with Gasteiger partial charge < -0.3 is 0 Å². The van der Waals surface area contributed by atoms with Crippen LogP contribution in [-0.2, 0) is 9.59 Å². The van der Waals surface area contributed by atoms with E-state index in [2.05, 4.69) is 6.92 Å². The second-order valence-corrected chi connectivity index (χ2v) is 5.12. The first-order valence-corrected chi connectivity index (χ1v) is 7.45. The van der Waals surface area contributed by atoms with Crippen LogP contribution >= 0.6 is 23.2 Å². The standard InChI is InChI=1S/C14H22Cl2O2/c1-2-3-4-5-6-7-8-9-10-11-12(13(15)17)14(16)18/h11H,2-10H2,1H3. The van der Waals surface area contributed by atoms with Gasteiger partial charge >= 0.3 is 0 Å². The van der Waals surface area contributed by atoms with Crippen molar-refractivity contribution in [2.24, 2.45) is 0 Å². The molecule has 0 aliphatic carbocycles. The van der Waals surface area contributed by atoms with Gasteiger partial charge in [-0.1, -0.05) is 57.9 Å². The first-order valence-electron chi connectivity index (χ1n) is 6.69. The predicted octanol–water partition coefficient (Wildman–Crippen LogP) is 4.97. The summed E-state index contributed by atoms with van der Waals surface area (Å²) in [5.41, 5.74) is -0.0960. The molecule has 0 heterocycles. The highest BCUT2D eigenvalue weighted by Gasteiger charge is 2.12. The fraction of sp³-hybridized carbons (Fsp3) is 0.714. The second kappa shape index (κ2) is 11.7. The monoisotopic (exact) mass is 292 g/mol. The minimum Gasteiger partial charge on any atom is -0.275 e. The van der Waals surface area contributed by atoms with Crippen molar-refractivity contribution in [2.75, 3.05) is 0 Å². The lowest BCUT2D eigenvalue weighted by molar-refractivity contribution is -0.113. The zero-order valence-electron chi connectivity index (χ0n) is 11.0. The number of unbranched alkanes of at least 4 members (excludes halogenated alkanes) is 8. The molecule has 18 heavy (non-hydrogen) atoms. The maximum atomic E-state index is 10.8. The molecule has 0 aliphatic rings. The lowest BCUT2D eigenvalue weighted by Gasteiger charge is -2.00. The molecule has 0 spiro atoms. The van der Waals surface area contributed by atoms with Gasteiger partial charge in [-0.15, -0.1) is 0 Å². The van der Waals surface area contributed by atoms with Gasteiger partial charge in [0.1, 0.15) is 0 Å². The summed E-state index contributed by atoms with van der Waals surface area (Å²) in [5, 5.41) is -1.54. The van der Waals surface area contributed by atoms with Crippen LogP contribution in [0.1, 0.15) is 64.7 Å². The molecule has 0 aromatic rings. The van der Waals surface area contributed by atoms with E-state index < -0.39 is 10.5 Å². The van der Waals surface area contributed by atoms with E-state index in [9.17, 15) is 9.59 Å². The van der Waals surface area contributed by atoms with Crippen LogP contribution in [0.3, 0.4) is 0 Å². The number of hydrogen-bond acceptors (Lipinski definition) is 2. The van der Waals surface area contributed by atoms with Gasteiger partial charge in [-0.2, -0.15) is 0 Å². The highest BCUT2D eigenvalue weighted by Crippen LogP contribution is 2.12. The van der Waals surface area contributed by atoms with Crippen LogP contribution in [0.5, 0.6) is 0 Å². The van der Waals surface area contributed by atoms with E-state index in [1.54, 1.807) is 6.08 Å². The van der Waals surface area contributed by atoms with Gasteiger partial charge in [-0.3, -0.25) is 9.59 Å². The summed E-state index contributed by atoms with van der Waals surface area (Å²) in [6.07, 6.45) is 12.0. The number of carbonyl (C=O) groups excluding carboxylic acids is 2. The Morgan fingerprint density at radius 2 is 1.28 bits per heavy atom. The Labute approximate surface area is 120 Å². The molecule has 2 nitrogen and oxygen atoms in total. The van der Waals surface area contributed by atoms with E-state index in [0.29, 0.717) is 6.42 Å². The minimum atomic E-state index is -0.769. The van der Waals surface area contributed by atoms with Crippen molar-refractivity contribution in [1.29, 1.82) is 0 Å². The zero-order valence-corrected chi connectivity index (χ0v) is 12.5. The van der Waals surface area contributed by atoms with Crippen LogP contribution in [0, 0.1) is 0 Å².